The van der Waals surface area contributed by atoms with Crippen molar-refractivity contribution in [1.29, 1.82) is 0 Å². The number of carboxylic acid groups (broad SMARTS) is 1. The fourth-order valence-electron chi connectivity index (χ4n) is 1.28. The molecule has 0 unspecified atom stereocenters. The molecule has 0 amide bonds. The maximum Gasteiger partial charge on any atom is 0.335 e. The van der Waals surface area contributed by atoms with Crippen LogP contribution in [-0.4, -0.2) is 37.8 Å². The van der Waals surface area contributed by atoms with Gasteiger partial charge in [-0.15, -0.1) is 0 Å². The number of carboxylic acids is 1. The van der Waals surface area contributed by atoms with E-state index in [0.29, 0.717) is 6.07 Å². The van der Waals surface area contributed by atoms with Crippen molar-refractivity contribution in [3.05, 3.63) is 29.6 Å². The monoisotopic (exact) mass is 305 g/mol. The lowest BCUT2D eigenvalue weighted by molar-refractivity contribution is 0.0696. The molecule has 6 nitrogen and oxygen atoms in total. The van der Waals surface area contributed by atoms with Crippen LogP contribution in [0, 0.1) is 11.2 Å². The molecule has 0 saturated carbocycles. The Morgan fingerprint density at radius 1 is 1.40 bits per heavy atom. The minimum Gasteiger partial charge on any atom is -0.478 e. The first-order chi connectivity index (χ1) is 9.09. The van der Waals surface area contributed by atoms with Crippen LogP contribution >= 0.6 is 0 Å². The van der Waals surface area contributed by atoms with Gasteiger partial charge in [0.05, 0.1) is 5.56 Å². The summed E-state index contributed by atoms with van der Waals surface area (Å²) >= 11 is 0. The molecule has 1 aromatic rings. The Kier molecular flexibility index (Phi) is 4.85. The summed E-state index contributed by atoms with van der Waals surface area (Å²) in [6.07, 6.45) is 0. The lowest BCUT2D eigenvalue weighted by atomic mass is 9.96. The Morgan fingerprint density at radius 2 is 2.00 bits per heavy atom. The van der Waals surface area contributed by atoms with Gasteiger partial charge < -0.3 is 10.2 Å². The zero-order valence-corrected chi connectivity index (χ0v) is 11.9. The van der Waals surface area contributed by atoms with Crippen molar-refractivity contribution in [2.45, 2.75) is 18.7 Å². The topological polar surface area (TPSA) is 104 Å². The molecular weight excluding hydrogens is 289 g/mol. The molecule has 1 aromatic carbocycles. The smallest absolute Gasteiger partial charge is 0.335 e. The predicted octanol–water partition coefficient (Wildman–Crippen LogP) is 0.821. The van der Waals surface area contributed by atoms with Crippen molar-refractivity contribution in [2.24, 2.45) is 5.41 Å². The number of nitrogens with one attached hydrogen (secondary N) is 1. The van der Waals surface area contributed by atoms with Crippen molar-refractivity contribution in [2.75, 3.05) is 13.2 Å². The van der Waals surface area contributed by atoms with E-state index < -0.39 is 32.1 Å². The van der Waals surface area contributed by atoms with Gasteiger partial charge in [-0.05, 0) is 18.2 Å². The highest BCUT2D eigenvalue weighted by Crippen LogP contribution is 2.18. The summed E-state index contributed by atoms with van der Waals surface area (Å²) in [6.45, 7) is 2.96. The van der Waals surface area contributed by atoms with Crippen molar-refractivity contribution in [1.82, 2.24) is 4.72 Å². The van der Waals surface area contributed by atoms with Crippen LogP contribution in [0.3, 0.4) is 0 Å². The first-order valence-electron chi connectivity index (χ1n) is 5.72. The molecule has 0 aliphatic rings. The Morgan fingerprint density at radius 3 is 2.45 bits per heavy atom. The van der Waals surface area contributed by atoms with Crippen LogP contribution in [0.1, 0.15) is 24.2 Å². The van der Waals surface area contributed by atoms with E-state index in [-0.39, 0.29) is 18.7 Å². The highest BCUT2D eigenvalue weighted by atomic mass is 32.2. The SMILES string of the molecule is CC(C)(CO)CNS(=O)(=O)c1ccc(C(=O)O)cc1F. The summed E-state index contributed by atoms with van der Waals surface area (Å²) < 4.78 is 39.7. The van der Waals surface area contributed by atoms with Crippen LogP contribution < -0.4 is 4.72 Å². The minimum atomic E-state index is -4.11. The summed E-state index contributed by atoms with van der Waals surface area (Å²) in [5, 5.41) is 17.7. The van der Waals surface area contributed by atoms with Crippen LogP contribution in [0.5, 0.6) is 0 Å². The van der Waals surface area contributed by atoms with Crippen molar-refractivity contribution >= 4 is 16.0 Å². The summed E-state index contributed by atoms with van der Waals surface area (Å²) in [6, 6.07) is 2.55. The molecule has 1 rings (SSSR count). The summed E-state index contributed by atoms with van der Waals surface area (Å²) in [7, 11) is -4.11. The van der Waals surface area contributed by atoms with Gasteiger partial charge in [0.15, 0.2) is 0 Å². The third-order valence-electron chi connectivity index (χ3n) is 2.64. The van der Waals surface area contributed by atoms with E-state index in [0.717, 1.165) is 12.1 Å². The second kappa shape index (κ2) is 5.86. The van der Waals surface area contributed by atoms with Gasteiger partial charge in [0.2, 0.25) is 10.0 Å². The number of benzene rings is 1. The third-order valence-corrected chi connectivity index (χ3v) is 4.07. The van der Waals surface area contributed by atoms with Crippen LogP contribution in [-0.2, 0) is 10.0 Å². The van der Waals surface area contributed by atoms with Crippen LogP contribution in [0.25, 0.3) is 0 Å². The molecule has 0 spiro atoms. The van der Waals surface area contributed by atoms with Crippen molar-refractivity contribution in [3.63, 3.8) is 0 Å². The van der Waals surface area contributed by atoms with E-state index in [2.05, 4.69) is 4.72 Å². The molecule has 0 bridgehead atoms. The number of carbonyl (C=O) groups is 1. The number of halogens is 1. The number of hydrogen-bond acceptors (Lipinski definition) is 4. The molecule has 0 saturated heterocycles. The zero-order chi connectivity index (χ0) is 15.6. The first kappa shape index (κ1) is 16.5. The number of aliphatic hydroxyl groups is 1. The molecule has 8 heteroatoms. The Hall–Kier alpha value is -1.51. The van der Waals surface area contributed by atoms with Gasteiger partial charge in [-0.2, -0.15) is 0 Å². The van der Waals surface area contributed by atoms with Gasteiger partial charge in [0, 0.05) is 18.6 Å². The highest BCUT2D eigenvalue weighted by molar-refractivity contribution is 7.89. The van der Waals surface area contributed by atoms with Gasteiger partial charge in [0.1, 0.15) is 10.7 Å². The van der Waals surface area contributed by atoms with E-state index in [9.17, 15) is 17.6 Å². The molecule has 0 heterocycles. The Balaban J connectivity index is 3.02. The second-order valence-corrected chi connectivity index (χ2v) is 6.83. The van der Waals surface area contributed by atoms with E-state index in [1.807, 2.05) is 0 Å². The molecule has 0 atom stereocenters. The maximum absolute atomic E-state index is 13.7. The molecule has 0 aromatic heterocycles. The molecule has 20 heavy (non-hydrogen) atoms. The summed E-state index contributed by atoms with van der Waals surface area (Å²) in [4.78, 5) is 10.0. The quantitative estimate of drug-likeness (QED) is 0.722. The fourth-order valence-corrected chi connectivity index (χ4v) is 2.57. The Labute approximate surface area is 116 Å². The van der Waals surface area contributed by atoms with Gasteiger partial charge in [-0.3, -0.25) is 0 Å². The van der Waals surface area contributed by atoms with Gasteiger partial charge >= 0.3 is 5.97 Å². The van der Waals surface area contributed by atoms with Gasteiger partial charge in [-0.1, -0.05) is 13.8 Å². The van der Waals surface area contributed by atoms with Crippen LogP contribution in [0.2, 0.25) is 0 Å². The maximum atomic E-state index is 13.7. The Bertz CT molecular complexity index is 612. The predicted molar refractivity (Wildman–Crippen MR) is 69.4 cm³/mol. The number of aliphatic hydroxyl groups excluding tert-OH is 1. The fraction of sp³-hybridized carbons (Fsp3) is 0.417. The van der Waals surface area contributed by atoms with Crippen LogP contribution in [0.15, 0.2) is 23.1 Å². The van der Waals surface area contributed by atoms with E-state index in [4.69, 9.17) is 10.2 Å². The normalized spacial score (nSPS) is 12.4. The van der Waals surface area contributed by atoms with Crippen molar-refractivity contribution in [3.8, 4) is 0 Å². The molecule has 3 N–H and O–H groups in total. The van der Waals surface area contributed by atoms with E-state index in [1.165, 1.54) is 0 Å². The van der Waals surface area contributed by atoms with E-state index in [1.54, 1.807) is 13.8 Å². The number of rotatable bonds is 6. The summed E-state index contributed by atoms with van der Waals surface area (Å²) in [5.41, 5.74) is -1.03. The second-order valence-electron chi connectivity index (χ2n) is 5.10. The first-order valence-corrected chi connectivity index (χ1v) is 7.21. The molecule has 0 aliphatic carbocycles. The molecule has 112 valence electrons. The molecule has 0 aliphatic heterocycles. The van der Waals surface area contributed by atoms with Gasteiger partial charge in [0.25, 0.3) is 0 Å². The average molecular weight is 305 g/mol. The molecule has 0 fully saturated rings. The lowest BCUT2D eigenvalue weighted by Gasteiger charge is -2.21. The largest absolute Gasteiger partial charge is 0.478 e. The lowest BCUT2D eigenvalue weighted by Crippen LogP contribution is -2.36. The van der Waals surface area contributed by atoms with E-state index >= 15 is 0 Å². The highest BCUT2D eigenvalue weighted by Gasteiger charge is 2.24. The number of aromatic carboxylic acids is 1. The number of hydrogen-bond donors (Lipinski definition) is 3. The number of sulfonamides is 1. The standard InChI is InChI=1S/C12H16FNO5S/c1-12(2,7-15)6-14-20(18,19)10-4-3-8(11(16)17)5-9(10)13/h3-5,14-15H,6-7H2,1-2H3,(H,16,17). The molecular formula is C12H16FNO5S. The van der Waals surface area contributed by atoms with Gasteiger partial charge in [-0.25, -0.2) is 22.3 Å². The van der Waals surface area contributed by atoms with Crippen molar-refractivity contribution < 1.29 is 27.8 Å². The third kappa shape index (κ3) is 3.99. The van der Waals surface area contributed by atoms with Crippen LogP contribution in [0.4, 0.5) is 4.39 Å². The summed E-state index contributed by atoms with van der Waals surface area (Å²) in [5.74, 6) is -2.48. The minimum absolute atomic E-state index is 0.0774. The average Bonchev–Trinajstić information content (AvgIpc) is 2.36. The molecule has 0 radical (unpaired) electrons. The zero-order valence-electron chi connectivity index (χ0n) is 11.1.